The number of rotatable bonds is 2. The Morgan fingerprint density at radius 2 is 1.92 bits per heavy atom. The Labute approximate surface area is 77.5 Å². The van der Waals surface area contributed by atoms with Crippen molar-refractivity contribution in [3.63, 3.8) is 0 Å². The minimum atomic E-state index is -0.652. The first kappa shape index (κ1) is 8.97. The van der Waals surface area contributed by atoms with Crippen LogP contribution in [0.2, 0.25) is 0 Å². The maximum Gasteiger partial charge on any atom is 0.324 e. The highest BCUT2D eigenvalue weighted by Gasteiger charge is 2.49. The first-order valence-corrected chi connectivity index (χ1v) is 4.82. The molecule has 0 atom stereocenters. The van der Waals surface area contributed by atoms with Crippen LogP contribution in [0.5, 0.6) is 0 Å². The number of nitrogens with zero attached hydrogens (tertiary/aromatic N) is 1. The topological polar surface area (TPSA) is 49.8 Å². The Balaban J connectivity index is 2.06. The van der Waals surface area contributed by atoms with Crippen LogP contribution in [0.25, 0.3) is 0 Å². The van der Waals surface area contributed by atoms with Crippen molar-refractivity contribution in [2.75, 3.05) is 26.3 Å². The van der Waals surface area contributed by atoms with E-state index in [1.165, 1.54) is 0 Å². The van der Waals surface area contributed by atoms with Gasteiger partial charge in [-0.2, -0.15) is 0 Å². The van der Waals surface area contributed by atoms with Crippen LogP contribution in [0.15, 0.2) is 0 Å². The second-order valence-electron chi connectivity index (χ2n) is 3.79. The van der Waals surface area contributed by atoms with Crippen molar-refractivity contribution in [1.29, 1.82) is 0 Å². The first-order chi connectivity index (χ1) is 6.26. The number of carboxylic acids is 1. The van der Waals surface area contributed by atoms with Gasteiger partial charge in [0.1, 0.15) is 5.54 Å². The van der Waals surface area contributed by atoms with E-state index in [4.69, 9.17) is 9.84 Å². The van der Waals surface area contributed by atoms with Crippen LogP contribution in [0.3, 0.4) is 0 Å². The molecule has 1 aliphatic heterocycles. The summed E-state index contributed by atoms with van der Waals surface area (Å²) >= 11 is 0. The van der Waals surface area contributed by atoms with Crippen molar-refractivity contribution >= 4 is 5.97 Å². The van der Waals surface area contributed by atoms with Crippen molar-refractivity contribution in [3.05, 3.63) is 0 Å². The summed E-state index contributed by atoms with van der Waals surface area (Å²) in [5.74, 6) is -0.652. The van der Waals surface area contributed by atoms with Crippen molar-refractivity contribution < 1.29 is 14.6 Å². The van der Waals surface area contributed by atoms with Gasteiger partial charge in [0, 0.05) is 13.1 Å². The monoisotopic (exact) mass is 185 g/mol. The molecule has 0 amide bonds. The summed E-state index contributed by atoms with van der Waals surface area (Å²) in [6.45, 7) is 2.89. The molecule has 2 fully saturated rings. The summed E-state index contributed by atoms with van der Waals surface area (Å²) < 4.78 is 5.21. The van der Waals surface area contributed by atoms with Gasteiger partial charge < -0.3 is 9.84 Å². The van der Waals surface area contributed by atoms with E-state index in [9.17, 15) is 4.79 Å². The fourth-order valence-corrected chi connectivity index (χ4v) is 2.17. The van der Waals surface area contributed by atoms with Gasteiger partial charge in [-0.1, -0.05) is 0 Å². The Morgan fingerprint density at radius 3 is 2.31 bits per heavy atom. The van der Waals surface area contributed by atoms with E-state index in [0.29, 0.717) is 13.2 Å². The first-order valence-electron chi connectivity index (χ1n) is 4.82. The molecule has 1 heterocycles. The Morgan fingerprint density at radius 1 is 1.31 bits per heavy atom. The second kappa shape index (κ2) is 3.27. The zero-order valence-electron chi connectivity index (χ0n) is 7.66. The van der Waals surface area contributed by atoms with Crippen molar-refractivity contribution in [1.82, 2.24) is 4.90 Å². The van der Waals surface area contributed by atoms with Gasteiger partial charge in [0.05, 0.1) is 13.2 Å². The minimum absolute atomic E-state index is 0.538. The number of hydrogen-bond donors (Lipinski definition) is 1. The van der Waals surface area contributed by atoms with E-state index in [1.54, 1.807) is 0 Å². The van der Waals surface area contributed by atoms with Gasteiger partial charge in [0.15, 0.2) is 0 Å². The van der Waals surface area contributed by atoms with Gasteiger partial charge in [-0.3, -0.25) is 9.69 Å². The fraction of sp³-hybridized carbons (Fsp3) is 0.889. The quantitative estimate of drug-likeness (QED) is 0.673. The lowest BCUT2D eigenvalue weighted by Gasteiger charge is -2.48. The Hall–Kier alpha value is -0.610. The molecule has 1 N–H and O–H groups in total. The van der Waals surface area contributed by atoms with Crippen LogP contribution in [0, 0.1) is 0 Å². The SMILES string of the molecule is O=C(O)C1(N2CCOCC2)CCC1. The van der Waals surface area contributed by atoms with Crippen molar-refractivity contribution in [2.24, 2.45) is 0 Å². The molecule has 0 radical (unpaired) electrons. The molecular formula is C9H15NO3. The summed E-state index contributed by atoms with van der Waals surface area (Å²) in [6.07, 6.45) is 2.66. The lowest BCUT2D eigenvalue weighted by Crippen LogP contribution is -2.62. The summed E-state index contributed by atoms with van der Waals surface area (Å²) in [7, 11) is 0. The van der Waals surface area contributed by atoms with E-state index in [2.05, 4.69) is 4.90 Å². The van der Waals surface area contributed by atoms with Gasteiger partial charge in [-0.15, -0.1) is 0 Å². The van der Waals surface area contributed by atoms with Gasteiger partial charge in [-0.05, 0) is 19.3 Å². The largest absolute Gasteiger partial charge is 0.480 e. The molecule has 74 valence electrons. The molecule has 4 nitrogen and oxygen atoms in total. The van der Waals surface area contributed by atoms with E-state index in [-0.39, 0.29) is 0 Å². The molecule has 4 heteroatoms. The lowest BCUT2D eigenvalue weighted by molar-refractivity contribution is -0.162. The van der Waals surface area contributed by atoms with E-state index in [0.717, 1.165) is 32.4 Å². The van der Waals surface area contributed by atoms with Crippen molar-refractivity contribution in [3.8, 4) is 0 Å². The highest BCUT2D eigenvalue weighted by atomic mass is 16.5. The molecule has 0 spiro atoms. The van der Waals surface area contributed by atoms with Crippen LogP contribution in [0.4, 0.5) is 0 Å². The number of hydrogen-bond acceptors (Lipinski definition) is 3. The third-order valence-electron chi connectivity index (χ3n) is 3.20. The summed E-state index contributed by atoms with van der Waals surface area (Å²) in [5, 5.41) is 9.15. The normalized spacial score (nSPS) is 28.0. The molecule has 2 aliphatic rings. The van der Waals surface area contributed by atoms with Crippen LogP contribution in [-0.2, 0) is 9.53 Å². The molecule has 0 aromatic rings. The summed E-state index contributed by atoms with van der Waals surface area (Å²) in [6, 6.07) is 0. The van der Waals surface area contributed by atoms with Crippen molar-refractivity contribution in [2.45, 2.75) is 24.8 Å². The predicted octanol–water partition coefficient (Wildman–Crippen LogP) is 0.326. The molecule has 1 aliphatic carbocycles. The third kappa shape index (κ3) is 1.34. The number of ether oxygens (including phenoxy) is 1. The maximum absolute atomic E-state index is 11.1. The van der Waals surface area contributed by atoms with Gasteiger partial charge in [0.2, 0.25) is 0 Å². The number of aliphatic carboxylic acids is 1. The van der Waals surface area contributed by atoms with Gasteiger partial charge in [0.25, 0.3) is 0 Å². The average Bonchev–Trinajstić information content (AvgIpc) is 2.03. The third-order valence-corrected chi connectivity index (χ3v) is 3.20. The molecule has 0 unspecified atom stereocenters. The van der Waals surface area contributed by atoms with E-state index < -0.39 is 11.5 Å². The molecule has 0 aromatic carbocycles. The standard InChI is InChI=1S/C9H15NO3/c11-8(12)9(2-1-3-9)10-4-6-13-7-5-10/h1-7H2,(H,11,12). The van der Waals surface area contributed by atoms with Gasteiger partial charge >= 0.3 is 5.97 Å². The fourth-order valence-electron chi connectivity index (χ4n) is 2.17. The van der Waals surface area contributed by atoms with Crippen LogP contribution >= 0.6 is 0 Å². The number of carbonyl (C=O) groups is 1. The number of morpholine rings is 1. The van der Waals surface area contributed by atoms with Crippen LogP contribution in [-0.4, -0.2) is 47.8 Å². The Bertz CT molecular complexity index is 207. The maximum atomic E-state index is 11.1. The molecule has 1 saturated heterocycles. The second-order valence-corrected chi connectivity index (χ2v) is 3.79. The molecule has 0 bridgehead atoms. The van der Waals surface area contributed by atoms with Gasteiger partial charge in [-0.25, -0.2) is 0 Å². The van der Waals surface area contributed by atoms with E-state index in [1.807, 2.05) is 0 Å². The highest BCUT2D eigenvalue weighted by molar-refractivity contribution is 5.80. The zero-order valence-corrected chi connectivity index (χ0v) is 7.66. The summed E-state index contributed by atoms with van der Waals surface area (Å²) in [4.78, 5) is 13.2. The molecule has 2 rings (SSSR count). The van der Waals surface area contributed by atoms with E-state index >= 15 is 0 Å². The average molecular weight is 185 g/mol. The molecule has 0 aromatic heterocycles. The highest BCUT2D eigenvalue weighted by Crippen LogP contribution is 2.38. The lowest BCUT2D eigenvalue weighted by atomic mass is 9.75. The molecule has 13 heavy (non-hydrogen) atoms. The summed E-state index contributed by atoms with van der Waals surface area (Å²) in [5.41, 5.74) is -0.538. The van der Waals surface area contributed by atoms with Crippen LogP contribution in [0.1, 0.15) is 19.3 Å². The zero-order chi connectivity index (χ0) is 9.31. The number of carboxylic acid groups (broad SMARTS) is 1. The molecule has 1 saturated carbocycles. The Kier molecular flexibility index (Phi) is 2.26. The smallest absolute Gasteiger partial charge is 0.324 e. The predicted molar refractivity (Wildman–Crippen MR) is 46.6 cm³/mol. The van der Waals surface area contributed by atoms with Crippen LogP contribution < -0.4 is 0 Å². The minimum Gasteiger partial charge on any atom is -0.480 e. The molecular weight excluding hydrogens is 170 g/mol.